The van der Waals surface area contributed by atoms with E-state index in [2.05, 4.69) is 35.6 Å². The third-order valence-corrected chi connectivity index (χ3v) is 6.61. The van der Waals surface area contributed by atoms with Gasteiger partial charge in [-0.2, -0.15) is 5.10 Å². The summed E-state index contributed by atoms with van der Waals surface area (Å²) in [6, 6.07) is 11.9. The molecule has 0 radical (unpaired) electrons. The number of nitrogens with zero attached hydrogens (tertiary/aromatic N) is 4. The molecule has 30 heavy (non-hydrogen) atoms. The van der Waals surface area contributed by atoms with Crippen molar-refractivity contribution in [3.63, 3.8) is 0 Å². The molecular formula is C21H22ClN5O2S. The molecule has 1 N–H and O–H groups in total. The minimum Gasteiger partial charge on any atom is -0.332 e. The Labute approximate surface area is 180 Å². The Hall–Kier alpha value is -2.84. The fourth-order valence-corrected chi connectivity index (χ4v) is 4.42. The van der Waals surface area contributed by atoms with Crippen LogP contribution >= 0.6 is 11.6 Å². The molecule has 1 aromatic carbocycles. The maximum absolute atomic E-state index is 13.0. The van der Waals surface area contributed by atoms with Crippen molar-refractivity contribution in [3.05, 3.63) is 65.6 Å². The molecular weight excluding hydrogens is 422 g/mol. The second-order valence-electron chi connectivity index (χ2n) is 8.16. The molecule has 7 nitrogen and oxygen atoms in total. The van der Waals surface area contributed by atoms with Crippen LogP contribution in [-0.2, 0) is 22.5 Å². The number of rotatable bonds is 4. The number of imidazole rings is 1. The van der Waals surface area contributed by atoms with Crippen molar-refractivity contribution in [1.82, 2.24) is 19.2 Å². The number of sulfonamides is 1. The second-order valence-corrected chi connectivity index (χ2v) is 10.3. The van der Waals surface area contributed by atoms with Crippen LogP contribution < -0.4 is 4.72 Å². The fraction of sp³-hybridized carbons (Fsp3) is 0.238. The van der Waals surface area contributed by atoms with Crippen LogP contribution in [0.2, 0.25) is 5.02 Å². The summed E-state index contributed by atoms with van der Waals surface area (Å²) in [5, 5.41) is 5.01. The minimum absolute atomic E-state index is 0.0602. The van der Waals surface area contributed by atoms with Gasteiger partial charge in [0.15, 0.2) is 0 Å². The first-order valence-corrected chi connectivity index (χ1v) is 11.2. The summed E-state index contributed by atoms with van der Waals surface area (Å²) in [5.41, 5.74) is 3.02. The molecule has 3 aromatic heterocycles. The smallest absolute Gasteiger partial charge is 0.263 e. The van der Waals surface area contributed by atoms with Crippen LogP contribution in [0, 0.1) is 0 Å². The zero-order valence-electron chi connectivity index (χ0n) is 17.1. The molecule has 9 heteroatoms. The van der Waals surface area contributed by atoms with Gasteiger partial charge < -0.3 is 4.57 Å². The highest BCUT2D eigenvalue weighted by Crippen LogP contribution is 2.28. The van der Waals surface area contributed by atoms with E-state index in [1.54, 1.807) is 42.9 Å². The third kappa shape index (κ3) is 3.68. The number of hydrogen-bond acceptors (Lipinski definition) is 4. The van der Waals surface area contributed by atoms with Crippen LogP contribution in [0.15, 0.2) is 59.9 Å². The molecule has 0 spiro atoms. The quantitative estimate of drug-likeness (QED) is 0.504. The van der Waals surface area contributed by atoms with Crippen molar-refractivity contribution in [3.8, 4) is 11.4 Å². The van der Waals surface area contributed by atoms with Gasteiger partial charge in [-0.1, -0.05) is 44.5 Å². The van der Waals surface area contributed by atoms with Crippen LogP contribution in [0.5, 0.6) is 0 Å². The van der Waals surface area contributed by atoms with Gasteiger partial charge in [-0.15, -0.1) is 0 Å². The van der Waals surface area contributed by atoms with E-state index >= 15 is 0 Å². The van der Waals surface area contributed by atoms with E-state index in [0.29, 0.717) is 22.1 Å². The SMILES string of the molecule is Cn1cncc1-c1cc2c(Cl)ccc(NS(=O)(=O)c3ccc(C(C)(C)C)cc3)n2n1. The summed E-state index contributed by atoms with van der Waals surface area (Å²) in [5.74, 6) is 0.294. The molecule has 3 heterocycles. The van der Waals surface area contributed by atoms with Gasteiger partial charge in [-0.3, -0.25) is 4.72 Å². The number of fused-ring (bicyclic) bond motifs is 1. The molecule has 156 valence electrons. The van der Waals surface area contributed by atoms with Crippen molar-refractivity contribution >= 4 is 33.0 Å². The van der Waals surface area contributed by atoms with E-state index in [4.69, 9.17) is 11.6 Å². The summed E-state index contributed by atoms with van der Waals surface area (Å²) >= 11 is 6.33. The second kappa shape index (κ2) is 7.14. The van der Waals surface area contributed by atoms with Gasteiger partial charge in [-0.25, -0.2) is 17.9 Å². The number of hydrogen-bond donors (Lipinski definition) is 1. The zero-order valence-corrected chi connectivity index (χ0v) is 18.7. The van der Waals surface area contributed by atoms with Gasteiger partial charge in [-0.05, 0) is 41.3 Å². The molecule has 0 aliphatic heterocycles. The number of benzene rings is 1. The predicted molar refractivity (Wildman–Crippen MR) is 118 cm³/mol. The number of nitrogens with one attached hydrogen (secondary N) is 1. The van der Waals surface area contributed by atoms with Gasteiger partial charge in [0, 0.05) is 7.05 Å². The highest BCUT2D eigenvalue weighted by atomic mass is 35.5. The Bertz CT molecular complexity index is 1330. The van der Waals surface area contributed by atoms with Crippen LogP contribution in [0.4, 0.5) is 5.82 Å². The van der Waals surface area contributed by atoms with Crippen LogP contribution in [0.25, 0.3) is 16.9 Å². The maximum atomic E-state index is 13.0. The first kappa shape index (κ1) is 20.4. The number of halogens is 1. The minimum atomic E-state index is -3.80. The number of aromatic nitrogens is 4. The highest BCUT2D eigenvalue weighted by Gasteiger charge is 2.20. The van der Waals surface area contributed by atoms with Crippen molar-refractivity contribution in [1.29, 1.82) is 0 Å². The van der Waals surface area contributed by atoms with Crippen LogP contribution in [0.3, 0.4) is 0 Å². The molecule has 0 amide bonds. The third-order valence-electron chi connectivity index (χ3n) is 4.92. The average molecular weight is 444 g/mol. The standard InChI is InChI=1S/C21H22ClN5O2S/c1-21(2,3)14-5-7-15(8-6-14)30(28,29)25-20-10-9-16(22)18-11-17(24-27(18)20)19-12-23-13-26(19)4/h5-13,25H,1-4H3. The summed E-state index contributed by atoms with van der Waals surface area (Å²) in [6.45, 7) is 6.24. The van der Waals surface area contributed by atoms with Crippen molar-refractivity contribution < 1.29 is 8.42 Å². The van der Waals surface area contributed by atoms with E-state index in [-0.39, 0.29) is 10.3 Å². The molecule has 0 atom stereocenters. The predicted octanol–water partition coefficient (Wildman–Crippen LogP) is 4.49. The maximum Gasteiger partial charge on any atom is 0.263 e. The summed E-state index contributed by atoms with van der Waals surface area (Å²) < 4.78 is 31.9. The molecule has 0 aliphatic carbocycles. The van der Waals surface area contributed by atoms with Crippen molar-refractivity contribution in [2.24, 2.45) is 7.05 Å². The van der Waals surface area contributed by atoms with Crippen LogP contribution in [0.1, 0.15) is 26.3 Å². The van der Waals surface area contributed by atoms with Gasteiger partial charge >= 0.3 is 0 Å². The summed E-state index contributed by atoms with van der Waals surface area (Å²) in [6.07, 6.45) is 3.36. The van der Waals surface area contributed by atoms with Crippen LogP contribution in [-0.4, -0.2) is 27.6 Å². The number of pyridine rings is 1. The lowest BCUT2D eigenvalue weighted by molar-refractivity contribution is 0.587. The monoisotopic (exact) mass is 443 g/mol. The largest absolute Gasteiger partial charge is 0.332 e. The van der Waals surface area contributed by atoms with Gasteiger partial charge in [0.25, 0.3) is 10.0 Å². The lowest BCUT2D eigenvalue weighted by Gasteiger charge is -2.19. The topological polar surface area (TPSA) is 81.3 Å². The number of anilines is 1. The first-order chi connectivity index (χ1) is 14.1. The first-order valence-electron chi connectivity index (χ1n) is 9.34. The van der Waals surface area contributed by atoms with Gasteiger partial charge in [0.2, 0.25) is 0 Å². The Morgan fingerprint density at radius 1 is 1.07 bits per heavy atom. The fourth-order valence-electron chi connectivity index (χ4n) is 3.18. The Kier molecular flexibility index (Phi) is 4.86. The Balaban J connectivity index is 1.74. The molecule has 0 saturated heterocycles. The highest BCUT2D eigenvalue weighted by molar-refractivity contribution is 7.92. The lowest BCUT2D eigenvalue weighted by Crippen LogP contribution is -2.16. The molecule has 0 unspecified atom stereocenters. The lowest BCUT2D eigenvalue weighted by atomic mass is 9.87. The van der Waals surface area contributed by atoms with E-state index in [1.807, 2.05) is 23.7 Å². The molecule has 0 fully saturated rings. The normalized spacial score (nSPS) is 12.4. The Morgan fingerprint density at radius 2 is 1.77 bits per heavy atom. The molecule has 4 rings (SSSR count). The zero-order chi connectivity index (χ0) is 21.7. The van der Waals surface area contributed by atoms with E-state index in [0.717, 1.165) is 11.3 Å². The Morgan fingerprint density at radius 3 is 2.37 bits per heavy atom. The number of aryl methyl sites for hydroxylation is 1. The van der Waals surface area contributed by atoms with Gasteiger partial charge in [0.1, 0.15) is 11.5 Å². The molecule has 0 aliphatic rings. The van der Waals surface area contributed by atoms with E-state index in [9.17, 15) is 8.42 Å². The van der Waals surface area contributed by atoms with E-state index in [1.165, 1.54) is 4.52 Å². The van der Waals surface area contributed by atoms with Gasteiger partial charge in [0.05, 0.1) is 33.7 Å². The van der Waals surface area contributed by atoms with E-state index < -0.39 is 10.0 Å². The summed E-state index contributed by atoms with van der Waals surface area (Å²) in [7, 11) is -1.94. The molecule has 4 aromatic rings. The molecule has 0 bridgehead atoms. The average Bonchev–Trinajstić information content (AvgIpc) is 3.30. The molecule has 0 saturated carbocycles. The summed E-state index contributed by atoms with van der Waals surface area (Å²) in [4.78, 5) is 4.28. The van der Waals surface area contributed by atoms with Crippen molar-refractivity contribution in [2.75, 3.05) is 4.72 Å². The van der Waals surface area contributed by atoms with Crippen molar-refractivity contribution in [2.45, 2.75) is 31.1 Å².